The van der Waals surface area contributed by atoms with Gasteiger partial charge in [-0.15, -0.1) is 0 Å². The fraction of sp³-hybridized carbons (Fsp3) is 0.417. The van der Waals surface area contributed by atoms with Crippen LogP contribution in [0.3, 0.4) is 0 Å². The highest BCUT2D eigenvalue weighted by Crippen LogP contribution is 2.36. The summed E-state index contributed by atoms with van der Waals surface area (Å²) in [4.78, 5) is 13.7. The van der Waals surface area contributed by atoms with Gasteiger partial charge >= 0.3 is 0 Å². The van der Waals surface area contributed by atoms with Crippen LogP contribution in [-0.2, 0) is 13.8 Å². The second-order valence-corrected chi connectivity index (χ2v) is 6.92. The van der Waals surface area contributed by atoms with E-state index in [1.807, 2.05) is 6.92 Å². The Kier molecular flexibility index (Phi) is 3.73. The Hall–Kier alpha value is -1.27. The van der Waals surface area contributed by atoms with Gasteiger partial charge in [-0.05, 0) is 25.1 Å². The number of hydrogen-bond acceptors (Lipinski definition) is 4. The summed E-state index contributed by atoms with van der Waals surface area (Å²) in [6.07, 6.45) is 0. The van der Waals surface area contributed by atoms with E-state index < -0.39 is 15.0 Å². The predicted octanol–water partition coefficient (Wildman–Crippen LogP) is 1.57. The molecule has 0 radical (unpaired) electrons. The summed E-state index contributed by atoms with van der Waals surface area (Å²) >= 11 is 0. The molecule has 0 saturated heterocycles. The van der Waals surface area contributed by atoms with Crippen LogP contribution in [-0.4, -0.2) is 39.4 Å². The Morgan fingerprint density at radius 1 is 1.53 bits per heavy atom. The fourth-order valence-corrected chi connectivity index (χ4v) is 2.76. The molecule has 0 N–H and O–H groups in total. The Morgan fingerprint density at radius 2 is 2.21 bits per heavy atom. The van der Waals surface area contributed by atoms with Gasteiger partial charge in [-0.2, -0.15) is 0 Å². The van der Waals surface area contributed by atoms with Gasteiger partial charge in [0.2, 0.25) is 5.91 Å². The lowest BCUT2D eigenvalue weighted by Crippen LogP contribution is -2.32. The van der Waals surface area contributed by atoms with Crippen molar-refractivity contribution in [1.82, 2.24) is 4.90 Å². The number of halogens is 1. The zero-order chi connectivity index (χ0) is 14.2. The van der Waals surface area contributed by atoms with Crippen molar-refractivity contribution in [3.63, 3.8) is 0 Å². The summed E-state index contributed by atoms with van der Waals surface area (Å²) in [5.74, 6) is -0.0318. The monoisotopic (exact) mass is 303 g/mol. The summed E-state index contributed by atoms with van der Waals surface area (Å²) in [6, 6.07) is 4.32. The third-order valence-corrected chi connectivity index (χ3v) is 4.54. The molecule has 5 nitrogen and oxygen atoms in total. The molecule has 1 unspecified atom stereocenters. The first-order chi connectivity index (χ1) is 8.84. The smallest absolute Gasteiger partial charge is 0.261 e. The molecule has 19 heavy (non-hydrogen) atoms. The summed E-state index contributed by atoms with van der Waals surface area (Å²) in [6.45, 7) is 2.68. The Labute approximate surface area is 116 Å². The van der Waals surface area contributed by atoms with Gasteiger partial charge in [-0.1, -0.05) is 0 Å². The lowest BCUT2D eigenvalue weighted by Gasteiger charge is -2.18. The quantitative estimate of drug-likeness (QED) is 0.795. The molecule has 0 bridgehead atoms. The zero-order valence-corrected chi connectivity index (χ0v) is 12.2. The molecule has 1 aromatic carbocycles. The topological polar surface area (TPSA) is 63.7 Å². The van der Waals surface area contributed by atoms with Crippen molar-refractivity contribution >= 4 is 25.6 Å². The molecule has 1 aliphatic rings. The number of fused-ring (bicyclic) bond motifs is 1. The van der Waals surface area contributed by atoms with Gasteiger partial charge in [0.05, 0.1) is 4.90 Å². The van der Waals surface area contributed by atoms with Crippen molar-refractivity contribution in [2.75, 3.05) is 20.2 Å². The molecule has 2 rings (SSSR count). The largest absolute Gasteiger partial charge is 0.492 e. The number of carbonyl (C=O) groups is 1. The van der Waals surface area contributed by atoms with E-state index in [2.05, 4.69) is 0 Å². The van der Waals surface area contributed by atoms with E-state index in [4.69, 9.17) is 15.4 Å². The lowest BCUT2D eigenvalue weighted by molar-refractivity contribution is -0.131. The second-order valence-electron chi connectivity index (χ2n) is 4.35. The normalized spacial score (nSPS) is 17.7. The summed E-state index contributed by atoms with van der Waals surface area (Å²) in [5.41, 5.74) is 0.576. The summed E-state index contributed by atoms with van der Waals surface area (Å²) in [7, 11) is 3.20. The minimum Gasteiger partial charge on any atom is -0.492 e. The van der Waals surface area contributed by atoms with Crippen molar-refractivity contribution in [2.45, 2.75) is 17.7 Å². The molecule has 0 spiro atoms. The van der Waals surface area contributed by atoms with Gasteiger partial charge in [0.1, 0.15) is 18.3 Å². The number of amides is 1. The maximum Gasteiger partial charge on any atom is 0.261 e. The van der Waals surface area contributed by atoms with Gasteiger partial charge in [-0.25, -0.2) is 8.42 Å². The highest BCUT2D eigenvalue weighted by Gasteiger charge is 2.33. The van der Waals surface area contributed by atoms with Crippen molar-refractivity contribution in [1.29, 1.82) is 0 Å². The third kappa shape index (κ3) is 2.69. The van der Waals surface area contributed by atoms with E-state index in [1.165, 1.54) is 18.2 Å². The van der Waals surface area contributed by atoms with Crippen molar-refractivity contribution in [3.8, 4) is 5.75 Å². The van der Waals surface area contributed by atoms with Crippen LogP contribution in [0.2, 0.25) is 0 Å². The van der Waals surface area contributed by atoms with Gasteiger partial charge < -0.3 is 9.64 Å². The highest BCUT2D eigenvalue weighted by atomic mass is 35.7. The highest BCUT2D eigenvalue weighted by molar-refractivity contribution is 8.13. The molecule has 0 saturated carbocycles. The molecule has 1 atom stereocenters. The molecule has 104 valence electrons. The molecule has 1 aliphatic heterocycles. The molecule has 7 heteroatoms. The molecule has 0 aliphatic carbocycles. The molecular formula is C12H14ClNO4S. The minimum atomic E-state index is -3.81. The van der Waals surface area contributed by atoms with Gasteiger partial charge in [0.25, 0.3) is 9.05 Å². The van der Waals surface area contributed by atoms with E-state index >= 15 is 0 Å². The van der Waals surface area contributed by atoms with Crippen molar-refractivity contribution in [2.24, 2.45) is 0 Å². The maximum absolute atomic E-state index is 12.2. The van der Waals surface area contributed by atoms with Crippen LogP contribution in [0.25, 0.3) is 0 Å². The van der Waals surface area contributed by atoms with Gasteiger partial charge in [-0.3, -0.25) is 4.79 Å². The predicted molar refractivity (Wildman–Crippen MR) is 71.0 cm³/mol. The van der Waals surface area contributed by atoms with Gasteiger partial charge in [0, 0.05) is 29.8 Å². The average Bonchev–Trinajstić information content (AvgIpc) is 2.78. The molecule has 1 heterocycles. The number of rotatable bonds is 3. The van der Waals surface area contributed by atoms with Crippen LogP contribution in [0.5, 0.6) is 5.75 Å². The number of nitrogens with zero attached hydrogens (tertiary/aromatic N) is 1. The number of carbonyl (C=O) groups excluding carboxylic acids is 1. The molecule has 1 aromatic rings. The minimum absolute atomic E-state index is 0.0182. The fourth-order valence-electron chi connectivity index (χ4n) is 1.97. The van der Waals surface area contributed by atoms with E-state index in [0.29, 0.717) is 17.9 Å². The zero-order valence-electron chi connectivity index (χ0n) is 10.6. The summed E-state index contributed by atoms with van der Waals surface area (Å²) < 4.78 is 28.1. The van der Waals surface area contributed by atoms with Crippen molar-refractivity contribution < 1.29 is 17.9 Å². The number of ether oxygens (including phenoxy) is 1. The number of likely N-dealkylation sites (N-methyl/N-ethyl adjacent to an activating group) is 1. The van der Waals surface area contributed by atoms with E-state index in [-0.39, 0.29) is 17.4 Å². The molecular weight excluding hydrogens is 290 g/mol. The molecule has 1 amide bonds. The first kappa shape index (κ1) is 14.1. The standard InChI is InChI=1S/C12H14ClNO4S/c1-3-14(2)12(15)10-7-18-11-5-4-8(6-9(10)11)19(13,16)17/h4-6,10H,3,7H2,1-2H3. The third-order valence-electron chi connectivity index (χ3n) is 3.19. The first-order valence-corrected chi connectivity index (χ1v) is 8.12. The Morgan fingerprint density at radius 3 is 2.79 bits per heavy atom. The Balaban J connectivity index is 2.41. The van der Waals surface area contributed by atoms with Crippen LogP contribution < -0.4 is 4.74 Å². The van der Waals surface area contributed by atoms with Crippen LogP contribution in [0.1, 0.15) is 18.4 Å². The number of hydrogen-bond donors (Lipinski definition) is 0. The van der Waals surface area contributed by atoms with Crippen molar-refractivity contribution in [3.05, 3.63) is 23.8 Å². The Bertz CT molecular complexity index is 614. The van der Waals surface area contributed by atoms with E-state index in [9.17, 15) is 13.2 Å². The number of benzene rings is 1. The van der Waals surface area contributed by atoms with Crippen LogP contribution in [0.15, 0.2) is 23.1 Å². The van der Waals surface area contributed by atoms with E-state index in [0.717, 1.165) is 0 Å². The average molecular weight is 304 g/mol. The second kappa shape index (κ2) is 5.02. The van der Waals surface area contributed by atoms with Gasteiger partial charge in [0.15, 0.2) is 0 Å². The van der Waals surface area contributed by atoms with Crippen LogP contribution in [0.4, 0.5) is 0 Å². The lowest BCUT2D eigenvalue weighted by atomic mass is 10.00. The summed E-state index contributed by atoms with van der Waals surface area (Å²) in [5, 5.41) is 0. The molecule has 0 aromatic heterocycles. The van der Waals surface area contributed by atoms with E-state index in [1.54, 1.807) is 11.9 Å². The maximum atomic E-state index is 12.2. The van der Waals surface area contributed by atoms with Crippen LogP contribution >= 0.6 is 10.7 Å². The molecule has 0 fully saturated rings. The van der Waals surface area contributed by atoms with Crippen LogP contribution in [0, 0.1) is 0 Å². The SMILES string of the molecule is CCN(C)C(=O)C1COc2ccc(S(=O)(=O)Cl)cc21. The first-order valence-electron chi connectivity index (χ1n) is 5.81.